The molecular formula is C89H169NO8P+. The Hall–Kier alpha value is -2.29. The Morgan fingerprint density at radius 3 is 0.859 bits per heavy atom. The number of unbranched alkanes of at least 4 members (excludes halogenated alkanes) is 58. The van der Waals surface area contributed by atoms with E-state index >= 15 is 0 Å². The molecule has 9 nitrogen and oxygen atoms in total. The summed E-state index contributed by atoms with van der Waals surface area (Å²) in [5, 5.41) is 0. The lowest BCUT2D eigenvalue weighted by atomic mass is 10.0. The molecule has 582 valence electrons. The lowest BCUT2D eigenvalue weighted by Crippen LogP contribution is -2.37. The quantitative estimate of drug-likeness (QED) is 0.0211. The maximum absolute atomic E-state index is 12.9. The Morgan fingerprint density at radius 1 is 0.323 bits per heavy atom. The second-order valence-corrected chi connectivity index (χ2v) is 32.4. The van der Waals surface area contributed by atoms with Crippen molar-refractivity contribution >= 4 is 19.8 Å². The summed E-state index contributed by atoms with van der Waals surface area (Å²) in [5.74, 6) is -0.772. The van der Waals surface area contributed by atoms with Gasteiger partial charge < -0.3 is 18.9 Å². The standard InChI is InChI=1S/C89H168NO8P/c1-6-8-10-12-14-16-18-20-22-24-26-28-30-32-34-36-38-40-42-43-44-45-46-48-49-51-53-55-57-59-61-63-65-67-69-71-73-75-77-79-81-88(91)95-85-87(86-97-99(93,94)96-84-83-90(3,4)5)98-89(92)82-80-78-76-74-72-70-68-66-64-62-60-58-56-54-52-50-47-41-39-37-35-33-31-29-27-25-23-21-19-17-15-13-11-9-7-2/h9,11,15,17,21,23,27,29,33,35,87H,6-8,10,12-14,16,18-20,22,24-26,28,30-32,34,36-86H2,1-5H3/p+1/b11-9-,17-15-,23-21-,29-27-,35-33-. The number of ether oxygens (including phenoxy) is 2. The third-order valence-electron chi connectivity index (χ3n) is 19.8. The van der Waals surface area contributed by atoms with Gasteiger partial charge in [0.25, 0.3) is 0 Å². The van der Waals surface area contributed by atoms with Gasteiger partial charge in [-0.2, -0.15) is 0 Å². The fraction of sp³-hybridized carbons (Fsp3) is 0.865. The predicted octanol–water partition coefficient (Wildman–Crippen LogP) is 29.2. The molecule has 2 unspecified atom stereocenters. The van der Waals surface area contributed by atoms with Crippen molar-refractivity contribution in [3.8, 4) is 0 Å². The van der Waals surface area contributed by atoms with Gasteiger partial charge in [0.15, 0.2) is 6.10 Å². The summed E-state index contributed by atoms with van der Waals surface area (Å²) in [5.41, 5.74) is 0. The highest BCUT2D eigenvalue weighted by atomic mass is 31.2. The van der Waals surface area contributed by atoms with Crippen molar-refractivity contribution in [3.63, 3.8) is 0 Å². The van der Waals surface area contributed by atoms with Crippen LogP contribution in [0.1, 0.15) is 444 Å². The second kappa shape index (κ2) is 79.8. The number of rotatable bonds is 82. The van der Waals surface area contributed by atoms with E-state index in [1.54, 1.807) is 0 Å². The zero-order chi connectivity index (χ0) is 71.8. The lowest BCUT2D eigenvalue weighted by Gasteiger charge is -2.24. The Kier molecular flexibility index (Phi) is 78.0. The number of hydrogen-bond acceptors (Lipinski definition) is 7. The first-order valence-electron chi connectivity index (χ1n) is 43.5. The molecule has 0 radical (unpaired) electrons. The largest absolute Gasteiger partial charge is 0.472 e. The van der Waals surface area contributed by atoms with Crippen molar-refractivity contribution in [2.24, 2.45) is 0 Å². The van der Waals surface area contributed by atoms with Gasteiger partial charge in [0.2, 0.25) is 0 Å². The highest BCUT2D eigenvalue weighted by Gasteiger charge is 2.27. The van der Waals surface area contributed by atoms with E-state index < -0.39 is 26.5 Å². The molecule has 0 aromatic heterocycles. The van der Waals surface area contributed by atoms with E-state index in [-0.39, 0.29) is 25.6 Å². The van der Waals surface area contributed by atoms with E-state index in [9.17, 15) is 19.0 Å². The van der Waals surface area contributed by atoms with Crippen LogP contribution in [0.15, 0.2) is 60.8 Å². The van der Waals surface area contributed by atoms with E-state index in [1.807, 2.05) is 21.1 Å². The van der Waals surface area contributed by atoms with E-state index in [1.165, 1.54) is 347 Å². The molecule has 0 aliphatic rings. The normalized spacial score (nSPS) is 13.2. The first kappa shape index (κ1) is 96.7. The zero-order valence-corrected chi connectivity index (χ0v) is 67.6. The highest BCUT2D eigenvalue weighted by molar-refractivity contribution is 7.47. The van der Waals surface area contributed by atoms with Crippen molar-refractivity contribution in [2.75, 3.05) is 47.5 Å². The van der Waals surface area contributed by atoms with Gasteiger partial charge in [-0.3, -0.25) is 18.6 Å². The molecule has 0 fully saturated rings. The second-order valence-electron chi connectivity index (χ2n) is 30.9. The fourth-order valence-corrected chi connectivity index (χ4v) is 14.0. The molecule has 0 aromatic carbocycles. The van der Waals surface area contributed by atoms with E-state index in [4.69, 9.17) is 18.5 Å². The van der Waals surface area contributed by atoms with Gasteiger partial charge in [-0.05, 0) is 57.8 Å². The Morgan fingerprint density at radius 2 is 0.576 bits per heavy atom. The Labute approximate surface area is 616 Å². The number of allylic oxidation sites excluding steroid dienone is 10. The summed E-state index contributed by atoms with van der Waals surface area (Å²) in [6.45, 7) is 4.40. The molecule has 0 aromatic rings. The van der Waals surface area contributed by atoms with Crippen molar-refractivity contribution in [2.45, 2.75) is 450 Å². The number of hydrogen-bond donors (Lipinski definition) is 1. The molecule has 0 aliphatic carbocycles. The first-order chi connectivity index (χ1) is 48.5. The zero-order valence-electron chi connectivity index (χ0n) is 66.8. The van der Waals surface area contributed by atoms with Crippen LogP contribution >= 0.6 is 7.82 Å². The minimum Gasteiger partial charge on any atom is -0.462 e. The van der Waals surface area contributed by atoms with Crippen molar-refractivity contribution in [3.05, 3.63) is 60.8 Å². The van der Waals surface area contributed by atoms with E-state index in [0.717, 1.165) is 64.2 Å². The van der Waals surface area contributed by atoms with Crippen LogP contribution in [0.2, 0.25) is 0 Å². The minimum absolute atomic E-state index is 0.0341. The van der Waals surface area contributed by atoms with Crippen LogP contribution in [0.5, 0.6) is 0 Å². The molecule has 0 saturated heterocycles. The molecule has 0 spiro atoms. The van der Waals surface area contributed by atoms with Crippen LogP contribution in [-0.4, -0.2) is 74.9 Å². The van der Waals surface area contributed by atoms with Gasteiger partial charge in [0, 0.05) is 12.8 Å². The lowest BCUT2D eigenvalue weighted by molar-refractivity contribution is -0.870. The van der Waals surface area contributed by atoms with Gasteiger partial charge in [-0.1, -0.05) is 434 Å². The summed E-state index contributed by atoms with van der Waals surface area (Å²) >= 11 is 0. The van der Waals surface area contributed by atoms with Crippen LogP contribution in [0.25, 0.3) is 0 Å². The van der Waals surface area contributed by atoms with Crippen molar-refractivity contribution < 1.29 is 42.1 Å². The third-order valence-corrected chi connectivity index (χ3v) is 20.8. The molecule has 0 bridgehead atoms. The van der Waals surface area contributed by atoms with Gasteiger partial charge in [0.1, 0.15) is 19.8 Å². The number of quaternary nitrogens is 1. The average molecular weight is 1410 g/mol. The number of nitrogens with zero attached hydrogens (tertiary/aromatic N) is 1. The molecule has 0 aliphatic heterocycles. The molecule has 0 saturated carbocycles. The smallest absolute Gasteiger partial charge is 0.462 e. The maximum Gasteiger partial charge on any atom is 0.472 e. The number of carbonyl (C=O) groups excluding carboxylic acids is 2. The SMILES string of the molecule is CC/C=C\C/C=C\C/C=C\C/C=C\C/C=C\CCCCCCCCCCCCCCCCCCCCCC(=O)OC(COC(=O)CCCCCCCCCCCCCCCCCCCCCCCCCCCCCCCCCCCCCCCCCC)COP(=O)(O)OCC[N+](C)(C)C. The van der Waals surface area contributed by atoms with Gasteiger partial charge in [-0.25, -0.2) is 4.57 Å². The van der Waals surface area contributed by atoms with E-state index in [0.29, 0.717) is 23.9 Å². The fourth-order valence-electron chi connectivity index (χ4n) is 13.2. The van der Waals surface area contributed by atoms with Crippen molar-refractivity contribution in [1.82, 2.24) is 0 Å². The monoisotopic (exact) mass is 1410 g/mol. The highest BCUT2D eigenvalue weighted by Crippen LogP contribution is 2.43. The predicted molar refractivity (Wildman–Crippen MR) is 432 cm³/mol. The Balaban J connectivity index is 3.86. The number of esters is 2. The van der Waals surface area contributed by atoms with E-state index in [2.05, 4.69) is 74.6 Å². The molecule has 2 atom stereocenters. The average Bonchev–Trinajstić information content (AvgIpc) is 1.06. The number of phosphoric ester groups is 1. The van der Waals surface area contributed by atoms with Gasteiger partial charge in [0.05, 0.1) is 27.7 Å². The van der Waals surface area contributed by atoms with Crippen LogP contribution in [0.3, 0.4) is 0 Å². The molecule has 0 rings (SSSR count). The van der Waals surface area contributed by atoms with Crippen LogP contribution in [0, 0.1) is 0 Å². The molecule has 0 heterocycles. The minimum atomic E-state index is -4.40. The maximum atomic E-state index is 12.9. The topological polar surface area (TPSA) is 108 Å². The van der Waals surface area contributed by atoms with Crippen LogP contribution in [0.4, 0.5) is 0 Å². The summed E-state index contributed by atoms with van der Waals surface area (Å²) in [4.78, 5) is 36.0. The van der Waals surface area contributed by atoms with Crippen molar-refractivity contribution in [1.29, 1.82) is 0 Å². The summed E-state index contributed by atoms with van der Waals surface area (Å²) < 4.78 is 34.9. The molecule has 1 N–H and O–H groups in total. The molecule has 99 heavy (non-hydrogen) atoms. The Bertz CT molecular complexity index is 1860. The number of carbonyl (C=O) groups is 2. The van der Waals surface area contributed by atoms with Crippen LogP contribution in [-0.2, 0) is 32.7 Å². The summed E-state index contributed by atoms with van der Waals surface area (Å²) in [6, 6.07) is 0. The van der Waals surface area contributed by atoms with Crippen LogP contribution < -0.4 is 0 Å². The molecule has 10 heteroatoms. The van der Waals surface area contributed by atoms with Gasteiger partial charge in [-0.15, -0.1) is 0 Å². The number of phosphoric acid groups is 1. The molecular weight excluding hydrogens is 1240 g/mol. The summed E-state index contributed by atoms with van der Waals surface area (Å²) in [7, 11) is 1.50. The third kappa shape index (κ3) is 84.5. The number of likely N-dealkylation sites (N-methyl/N-ethyl adjacent to an activating group) is 1. The first-order valence-corrected chi connectivity index (χ1v) is 45.0. The van der Waals surface area contributed by atoms with Gasteiger partial charge >= 0.3 is 19.8 Å². The summed E-state index contributed by atoms with van der Waals surface area (Å²) in [6.07, 6.45) is 108. The molecule has 0 amide bonds.